The number of hydrogen-bond donors (Lipinski definition) is 1. The molecule has 1 aliphatic heterocycles. The number of amides is 1. The van der Waals surface area contributed by atoms with Crippen LogP contribution in [0, 0.1) is 10.1 Å². The molecule has 2 aromatic carbocycles. The quantitative estimate of drug-likeness (QED) is 0.391. The summed E-state index contributed by atoms with van der Waals surface area (Å²) < 4.78 is 4.95. The normalized spacial score (nSPS) is 16.0. The number of carbonyl (C=O) groups excluding carboxylic acids is 2. The number of fused-ring (bicyclic) bond motifs is 1. The third kappa shape index (κ3) is 3.61. The van der Waals surface area contributed by atoms with Gasteiger partial charge in [-0.1, -0.05) is 12.1 Å². The number of esters is 1. The van der Waals surface area contributed by atoms with Gasteiger partial charge in [0.05, 0.1) is 34.2 Å². The number of non-ortho nitro benzene ring substituents is 1. The molecule has 0 bridgehead atoms. The summed E-state index contributed by atoms with van der Waals surface area (Å²) in [5.41, 5.74) is 1.42. The maximum Gasteiger partial charge on any atom is 0.338 e. The summed E-state index contributed by atoms with van der Waals surface area (Å²) in [4.78, 5) is 45.6. The van der Waals surface area contributed by atoms with Gasteiger partial charge < -0.3 is 14.6 Å². The first-order valence-corrected chi connectivity index (χ1v) is 9.70. The molecule has 1 amide bonds. The summed E-state index contributed by atoms with van der Waals surface area (Å²) in [6.45, 7) is 2.27. The fourth-order valence-electron chi connectivity index (χ4n) is 3.76. The van der Waals surface area contributed by atoms with Crippen molar-refractivity contribution in [2.75, 3.05) is 13.2 Å². The number of benzene rings is 2. The monoisotopic (exact) mass is 408 g/mol. The molecule has 4 rings (SSSR count). The molecule has 1 fully saturated rings. The van der Waals surface area contributed by atoms with Crippen molar-refractivity contribution >= 4 is 28.6 Å². The number of likely N-dealkylation sites (tertiary alicyclic amines) is 1. The number of H-pyrrole nitrogens is 1. The number of imidazole rings is 1. The predicted molar refractivity (Wildman–Crippen MR) is 108 cm³/mol. The summed E-state index contributed by atoms with van der Waals surface area (Å²) in [5.74, 6) is -0.407. The van der Waals surface area contributed by atoms with Crippen molar-refractivity contribution in [3.05, 3.63) is 69.5 Å². The first-order valence-electron chi connectivity index (χ1n) is 9.70. The molecule has 0 unspecified atom stereocenters. The van der Waals surface area contributed by atoms with Crippen LogP contribution < -0.4 is 0 Å². The Kier molecular flexibility index (Phi) is 5.18. The second kappa shape index (κ2) is 7.94. The van der Waals surface area contributed by atoms with Gasteiger partial charge in [-0.05, 0) is 38.0 Å². The maximum absolute atomic E-state index is 13.3. The summed E-state index contributed by atoms with van der Waals surface area (Å²) in [5, 5.41) is 11.3. The van der Waals surface area contributed by atoms with E-state index >= 15 is 0 Å². The molecule has 2 heterocycles. The lowest BCUT2D eigenvalue weighted by atomic mass is 10.1. The average Bonchev–Trinajstić information content (AvgIpc) is 3.39. The van der Waals surface area contributed by atoms with Gasteiger partial charge in [0.2, 0.25) is 0 Å². The number of para-hydroxylation sites is 2. The third-order valence-electron chi connectivity index (χ3n) is 5.12. The van der Waals surface area contributed by atoms with Crippen molar-refractivity contribution in [2.24, 2.45) is 0 Å². The van der Waals surface area contributed by atoms with Gasteiger partial charge in [-0.25, -0.2) is 9.78 Å². The van der Waals surface area contributed by atoms with E-state index in [2.05, 4.69) is 9.97 Å². The Morgan fingerprint density at radius 2 is 2.03 bits per heavy atom. The number of carbonyl (C=O) groups is 2. The summed E-state index contributed by atoms with van der Waals surface area (Å²) in [6, 6.07) is 11.0. The number of nitro benzene ring substituents is 1. The highest BCUT2D eigenvalue weighted by atomic mass is 16.6. The Labute approximate surface area is 171 Å². The van der Waals surface area contributed by atoms with Gasteiger partial charge >= 0.3 is 5.97 Å². The van der Waals surface area contributed by atoms with E-state index in [1.165, 1.54) is 12.1 Å². The smallest absolute Gasteiger partial charge is 0.338 e. The second-order valence-corrected chi connectivity index (χ2v) is 7.04. The fraction of sp³-hybridized carbons (Fsp3) is 0.286. The van der Waals surface area contributed by atoms with Crippen LogP contribution in [0.5, 0.6) is 0 Å². The van der Waals surface area contributed by atoms with Crippen LogP contribution in [0.2, 0.25) is 0 Å². The van der Waals surface area contributed by atoms with Gasteiger partial charge in [0.15, 0.2) is 0 Å². The number of nitro groups is 1. The molecule has 1 aromatic heterocycles. The van der Waals surface area contributed by atoms with E-state index in [-0.39, 0.29) is 35.4 Å². The van der Waals surface area contributed by atoms with Crippen LogP contribution in [0.25, 0.3) is 11.0 Å². The van der Waals surface area contributed by atoms with E-state index in [1.807, 2.05) is 24.3 Å². The van der Waals surface area contributed by atoms with Crippen molar-refractivity contribution < 1.29 is 19.2 Å². The molecule has 9 heteroatoms. The minimum atomic E-state index is -0.703. The number of nitrogens with zero attached hydrogens (tertiary/aromatic N) is 3. The molecular formula is C21H20N4O5. The zero-order valence-corrected chi connectivity index (χ0v) is 16.3. The van der Waals surface area contributed by atoms with Crippen molar-refractivity contribution in [1.29, 1.82) is 0 Å². The lowest BCUT2D eigenvalue weighted by molar-refractivity contribution is -0.384. The van der Waals surface area contributed by atoms with E-state index in [9.17, 15) is 19.7 Å². The highest BCUT2D eigenvalue weighted by Gasteiger charge is 2.33. The zero-order chi connectivity index (χ0) is 21.3. The molecule has 1 N–H and O–H groups in total. The van der Waals surface area contributed by atoms with Crippen LogP contribution in [-0.2, 0) is 4.74 Å². The average molecular weight is 408 g/mol. The van der Waals surface area contributed by atoms with Gasteiger partial charge in [0, 0.05) is 24.2 Å². The number of aromatic amines is 1. The van der Waals surface area contributed by atoms with Crippen LogP contribution in [0.15, 0.2) is 42.5 Å². The maximum atomic E-state index is 13.3. The number of ether oxygens (including phenoxy) is 1. The Morgan fingerprint density at radius 1 is 1.27 bits per heavy atom. The molecule has 9 nitrogen and oxygen atoms in total. The van der Waals surface area contributed by atoms with Gasteiger partial charge in [-0.3, -0.25) is 14.9 Å². The topological polar surface area (TPSA) is 118 Å². The van der Waals surface area contributed by atoms with E-state index in [0.717, 1.165) is 29.9 Å². The van der Waals surface area contributed by atoms with Crippen LogP contribution in [-0.4, -0.2) is 44.8 Å². The van der Waals surface area contributed by atoms with Crippen molar-refractivity contribution in [3.8, 4) is 0 Å². The largest absolute Gasteiger partial charge is 0.462 e. The van der Waals surface area contributed by atoms with Gasteiger partial charge in [0.25, 0.3) is 11.6 Å². The van der Waals surface area contributed by atoms with Crippen LogP contribution in [0.3, 0.4) is 0 Å². The number of aromatic nitrogens is 2. The molecule has 0 aliphatic carbocycles. The Hall–Kier alpha value is -3.75. The molecule has 3 aromatic rings. The highest BCUT2D eigenvalue weighted by molar-refractivity contribution is 5.99. The van der Waals surface area contributed by atoms with E-state index < -0.39 is 10.9 Å². The van der Waals surface area contributed by atoms with Gasteiger partial charge in [-0.2, -0.15) is 0 Å². The molecule has 0 radical (unpaired) electrons. The molecule has 30 heavy (non-hydrogen) atoms. The van der Waals surface area contributed by atoms with Crippen LogP contribution in [0.4, 0.5) is 5.69 Å². The van der Waals surface area contributed by atoms with Crippen molar-refractivity contribution in [3.63, 3.8) is 0 Å². The number of hydrogen-bond acceptors (Lipinski definition) is 6. The lowest BCUT2D eigenvalue weighted by Crippen LogP contribution is -2.31. The molecule has 1 atom stereocenters. The van der Waals surface area contributed by atoms with E-state index in [0.29, 0.717) is 12.4 Å². The third-order valence-corrected chi connectivity index (χ3v) is 5.12. The molecule has 1 aliphatic rings. The highest BCUT2D eigenvalue weighted by Crippen LogP contribution is 2.33. The summed E-state index contributed by atoms with van der Waals surface area (Å²) in [6.07, 6.45) is 1.51. The summed E-state index contributed by atoms with van der Waals surface area (Å²) in [7, 11) is 0. The van der Waals surface area contributed by atoms with Crippen molar-refractivity contribution in [2.45, 2.75) is 25.8 Å². The van der Waals surface area contributed by atoms with E-state index in [4.69, 9.17) is 4.74 Å². The fourth-order valence-corrected chi connectivity index (χ4v) is 3.76. The Morgan fingerprint density at radius 3 is 2.77 bits per heavy atom. The molecule has 0 saturated carbocycles. The standard InChI is InChI=1S/C21H20N4O5/c1-2-30-21(27)14-10-13(11-15(12-14)25(28)29)20(26)24-9-5-8-18(24)19-22-16-6-3-4-7-17(16)23-19/h3-4,6-7,10-12,18H,2,5,8-9H2,1H3,(H,22,23)/t18-/m1/s1. The van der Waals surface area contributed by atoms with Crippen LogP contribution >= 0.6 is 0 Å². The summed E-state index contributed by atoms with van der Waals surface area (Å²) >= 11 is 0. The number of nitrogens with one attached hydrogen (secondary N) is 1. The molecule has 154 valence electrons. The first-order chi connectivity index (χ1) is 14.5. The van der Waals surface area contributed by atoms with Gasteiger partial charge in [-0.15, -0.1) is 0 Å². The van der Waals surface area contributed by atoms with Gasteiger partial charge in [0.1, 0.15) is 5.82 Å². The molecule has 0 spiro atoms. The molecule has 1 saturated heterocycles. The van der Waals surface area contributed by atoms with Crippen LogP contribution in [0.1, 0.15) is 52.3 Å². The molecular weight excluding hydrogens is 388 g/mol. The zero-order valence-electron chi connectivity index (χ0n) is 16.3. The van der Waals surface area contributed by atoms with Crippen molar-refractivity contribution in [1.82, 2.24) is 14.9 Å². The minimum absolute atomic E-state index is 0.0196. The SMILES string of the molecule is CCOC(=O)c1cc(C(=O)N2CCC[C@@H]2c2nc3ccccc3[nH]2)cc([N+](=O)[O-])c1. The Bertz CT molecular complexity index is 1110. The minimum Gasteiger partial charge on any atom is -0.462 e. The lowest BCUT2D eigenvalue weighted by Gasteiger charge is -2.23. The Balaban J connectivity index is 1.68. The predicted octanol–water partition coefficient (Wildman–Crippen LogP) is 3.63. The number of rotatable bonds is 5. The first kappa shape index (κ1) is 19.6. The van der Waals surface area contributed by atoms with E-state index in [1.54, 1.807) is 11.8 Å². The second-order valence-electron chi connectivity index (χ2n) is 7.04.